The van der Waals surface area contributed by atoms with Crippen molar-refractivity contribution in [3.05, 3.63) is 29.3 Å². The average Bonchev–Trinajstić information content (AvgIpc) is 2.30. The number of halogens is 1. The summed E-state index contributed by atoms with van der Waals surface area (Å²) in [6.07, 6.45) is 0. The van der Waals surface area contributed by atoms with Gasteiger partial charge in [-0.2, -0.15) is 0 Å². The summed E-state index contributed by atoms with van der Waals surface area (Å²) in [5.74, 6) is -1.47. The Labute approximate surface area is 111 Å². The van der Waals surface area contributed by atoms with Crippen molar-refractivity contribution in [3.8, 4) is 0 Å². The van der Waals surface area contributed by atoms with Crippen molar-refractivity contribution in [2.75, 3.05) is 4.90 Å². The van der Waals surface area contributed by atoms with Gasteiger partial charge in [0.2, 0.25) is 11.7 Å². The topological polar surface area (TPSA) is 54.5 Å². The molecular weight excluding hydrogens is 254 g/mol. The monoisotopic (exact) mass is 267 g/mol. The largest absolute Gasteiger partial charge is 0.302 e. The SMILES string of the molecule is CC(=O)C(=O)C(C)N(C(C)=O)c1ccc(Cl)cc1. The molecule has 0 saturated carbocycles. The molecule has 0 aliphatic rings. The van der Waals surface area contributed by atoms with E-state index in [0.717, 1.165) is 0 Å². The van der Waals surface area contributed by atoms with E-state index in [1.807, 2.05) is 0 Å². The first-order valence-corrected chi connectivity index (χ1v) is 5.82. The van der Waals surface area contributed by atoms with Gasteiger partial charge in [0.05, 0.1) is 0 Å². The Bertz CT molecular complexity index is 482. The fourth-order valence-electron chi connectivity index (χ4n) is 1.69. The number of hydrogen-bond acceptors (Lipinski definition) is 3. The number of anilines is 1. The number of rotatable bonds is 4. The standard InChI is InChI=1S/C13H14ClNO3/c1-8(13(18)9(2)16)15(10(3)17)12-6-4-11(14)5-7-12/h4-8H,1-3H3. The second kappa shape index (κ2) is 5.78. The molecular formula is C13H14ClNO3. The molecule has 0 aromatic heterocycles. The highest BCUT2D eigenvalue weighted by Gasteiger charge is 2.27. The minimum absolute atomic E-state index is 0.306. The molecule has 18 heavy (non-hydrogen) atoms. The first kappa shape index (κ1) is 14.4. The molecule has 0 radical (unpaired) electrons. The van der Waals surface area contributed by atoms with Gasteiger partial charge in [0.25, 0.3) is 0 Å². The Morgan fingerprint density at radius 1 is 1.11 bits per heavy atom. The minimum atomic E-state index is -0.818. The molecule has 0 bridgehead atoms. The summed E-state index contributed by atoms with van der Waals surface area (Å²) in [7, 11) is 0. The minimum Gasteiger partial charge on any atom is -0.302 e. The lowest BCUT2D eigenvalue weighted by molar-refractivity contribution is -0.136. The molecule has 1 aromatic rings. The number of nitrogens with zero attached hydrogens (tertiary/aromatic N) is 1. The van der Waals surface area contributed by atoms with Crippen molar-refractivity contribution in [2.45, 2.75) is 26.8 Å². The molecule has 1 rings (SSSR count). The highest BCUT2D eigenvalue weighted by Crippen LogP contribution is 2.20. The van der Waals surface area contributed by atoms with Gasteiger partial charge in [-0.05, 0) is 31.2 Å². The zero-order chi connectivity index (χ0) is 13.9. The maximum absolute atomic E-state index is 11.7. The van der Waals surface area contributed by atoms with Crippen LogP contribution in [0, 0.1) is 0 Å². The third-order valence-corrected chi connectivity index (χ3v) is 2.81. The van der Waals surface area contributed by atoms with E-state index in [-0.39, 0.29) is 5.91 Å². The average molecular weight is 268 g/mol. The Kier molecular flexibility index (Phi) is 4.62. The summed E-state index contributed by atoms with van der Waals surface area (Å²) in [4.78, 5) is 35.7. The Hall–Kier alpha value is -1.68. The van der Waals surface area contributed by atoms with Crippen molar-refractivity contribution in [2.24, 2.45) is 0 Å². The van der Waals surface area contributed by atoms with Crippen LogP contribution in [0.4, 0.5) is 5.69 Å². The first-order chi connectivity index (χ1) is 8.34. The molecule has 0 aliphatic carbocycles. The number of Topliss-reactive ketones (excluding diaryl/α,β-unsaturated/α-hetero) is 2. The quantitative estimate of drug-likeness (QED) is 0.786. The predicted molar refractivity (Wildman–Crippen MR) is 69.8 cm³/mol. The first-order valence-electron chi connectivity index (χ1n) is 5.44. The van der Waals surface area contributed by atoms with E-state index < -0.39 is 17.6 Å². The lowest BCUT2D eigenvalue weighted by Crippen LogP contribution is -2.44. The number of ketones is 2. The lowest BCUT2D eigenvalue weighted by atomic mass is 10.1. The van der Waals surface area contributed by atoms with Gasteiger partial charge in [0.15, 0.2) is 5.78 Å². The smallest absolute Gasteiger partial charge is 0.224 e. The normalized spacial score (nSPS) is 11.8. The zero-order valence-electron chi connectivity index (χ0n) is 10.4. The molecule has 0 N–H and O–H groups in total. The summed E-state index contributed by atoms with van der Waals surface area (Å²) in [6.45, 7) is 4.07. The van der Waals surface area contributed by atoms with Crippen LogP contribution in [0.15, 0.2) is 24.3 Å². The van der Waals surface area contributed by atoms with E-state index in [1.54, 1.807) is 24.3 Å². The molecule has 1 amide bonds. The van der Waals surface area contributed by atoms with Crippen LogP contribution < -0.4 is 4.90 Å². The molecule has 0 spiro atoms. The summed E-state index contributed by atoms with van der Waals surface area (Å²) in [6, 6.07) is 5.69. The molecule has 0 fully saturated rings. The van der Waals surface area contributed by atoms with Gasteiger partial charge >= 0.3 is 0 Å². The van der Waals surface area contributed by atoms with Crippen LogP contribution in [-0.2, 0) is 14.4 Å². The van der Waals surface area contributed by atoms with Crippen molar-refractivity contribution >= 4 is 34.8 Å². The number of carbonyl (C=O) groups is 3. The number of benzene rings is 1. The molecule has 1 aromatic carbocycles. The highest BCUT2D eigenvalue weighted by molar-refractivity contribution is 6.39. The van der Waals surface area contributed by atoms with Gasteiger partial charge in [0, 0.05) is 24.6 Å². The number of hydrogen-bond donors (Lipinski definition) is 0. The van der Waals surface area contributed by atoms with E-state index in [4.69, 9.17) is 11.6 Å². The van der Waals surface area contributed by atoms with Crippen molar-refractivity contribution in [1.82, 2.24) is 0 Å². The third kappa shape index (κ3) is 3.17. The Morgan fingerprint density at radius 2 is 1.61 bits per heavy atom. The molecule has 96 valence electrons. The van der Waals surface area contributed by atoms with Crippen LogP contribution in [0.5, 0.6) is 0 Å². The van der Waals surface area contributed by atoms with E-state index in [0.29, 0.717) is 10.7 Å². The summed E-state index contributed by atoms with van der Waals surface area (Å²) < 4.78 is 0. The van der Waals surface area contributed by atoms with Gasteiger partial charge in [0.1, 0.15) is 6.04 Å². The fourth-order valence-corrected chi connectivity index (χ4v) is 1.82. The molecule has 0 heterocycles. The summed E-state index contributed by atoms with van der Waals surface area (Å²) in [5.41, 5.74) is 0.536. The second-order valence-corrected chi connectivity index (χ2v) is 4.40. The van der Waals surface area contributed by atoms with Gasteiger partial charge < -0.3 is 4.90 Å². The molecule has 0 aliphatic heterocycles. The van der Waals surface area contributed by atoms with Gasteiger partial charge in [-0.3, -0.25) is 14.4 Å². The third-order valence-electron chi connectivity index (χ3n) is 2.56. The van der Waals surface area contributed by atoms with Crippen LogP contribution >= 0.6 is 11.6 Å². The second-order valence-electron chi connectivity index (χ2n) is 3.96. The van der Waals surface area contributed by atoms with Crippen LogP contribution in [-0.4, -0.2) is 23.5 Å². The Morgan fingerprint density at radius 3 is 2.00 bits per heavy atom. The highest BCUT2D eigenvalue weighted by atomic mass is 35.5. The zero-order valence-corrected chi connectivity index (χ0v) is 11.2. The number of carbonyl (C=O) groups excluding carboxylic acids is 3. The molecule has 1 atom stereocenters. The van der Waals surface area contributed by atoms with Crippen LogP contribution in [0.1, 0.15) is 20.8 Å². The number of amides is 1. The fraction of sp³-hybridized carbons (Fsp3) is 0.308. The Balaban J connectivity index is 3.11. The van der Waals surface area contributed by atoms with Gasteiger partial charge in [-0.25, -0.2) is 0 Å². The van der Waals surface area contributed by atoms with E-state index >= 15 is 0 Å². The van der Waals surface area contributed by atoms with Crippen molar-refractivity contribution in [1.29, 1.82) is 0 Å². The van der Waals surface area contributed by atoms with E-state index in [2.05, 4.69) is 0 Å². The summed E-state index contributed by atoms with van der Waals surface area (Å²) in [5, 5.41) is 0.535. The van der Waals surface area contributed by atoms with Crippen LogP contribution in [0.3, 0.4) is 0 Å². The maximum atomic E-state index is 11.7. The van der Waals surface area contributed by atoms with Crippen molar-refractivity contribution in [3.63, 3.8) is 0 Å². The van der Waals surface area contributed by atoms with Crippen molar-refractivity contribution < 1.29 is 14.4 Å². The molecule has 4 nitrogen and oxygen atoms in total. The molecule has 1 unspecified atom stereocenters. The van der Waals surface area contributed by atoms with Crippen LogP contribution in [0.25, 0.3) is 0 Å². The summed E-state index contributed by atoms with van der Waals surface area (Å²) >= 11 is 5.76. The predicted octanol–water partition coefficient (Wildman–Crippen LogP) is 2.24. The van der Waals surface area contributed by atoms with E-state index in [9.17, 15) is 14.4 Å². The maximum Gasteiger partial charge on any atom is 0.224 e. The van der Waals surface area contributed by atoms with Gasteiger partial charge in [-0.1, -0.05) is 11.6 Å². The lowest BCUT2D eigenvalue weighted by Gasteiger charge is -2.26. The van der Waals surface area contributed by atoms with Gasteiger partial charge in [-0.15, -0.1) is 0 Å². The van der Waals surface area contributed by atoms with E-state index in [1.165, 1.54) is 25.7 Å². The van der Waals surface area contributed by atoms with Crippen LogP contribution in [0.2, 0.25) is 5.02 Å². The molecule has 5 heteroatoms. The molecule has 0 saturated heterocycles.